The lowest BCUT2D eigenvalue weighted by molar-refractivity contribution is -0.0166. The molecule has 2 atom stereocenters. The number of hydrogen-bond donors (Lipinski definition) is 1. The topological polar surface area (TPSA) is 59.0 Å². The summed E-state index contributed by atoms with van der Waals surface area (Å²) in [5, 5.41) is 10.5. The van der Waals surface area contributed by atoms with Crippen molar-refractivity contribution in [3.8, 4) is 0 Å². The molecule has 1 N–H and O–H groups in total. The van der Waals surface area contributed by atoms with Gasteiger partial charge in [0, 0.05) is 32.2 Å². The number of carbonyl (C=O) groups is 1. The highest BCUT2D eigenvalue weighted by Crippen LogP contribution is 2.30. The summed E-state index contributed by atoms with van der Waals surface area (Å²) in [6.07, 6.45) is 2.11. The van der Waals surface area contributed by atoms with Crippen LogP contribution in [0, 0.1) is 11.8 Å². The van der Waals surface area contributed by atoms with E-state index in [4.69, 9.17) is 9.47 Å². The first-order chi connectivity index (χ1) is 9.37. The number of aliphatic hydroxyl groups is 1. The minimum absolute atomic E-state index is 0.172. The van der Waals surface area contributed by atoms with Crippen molar-refractivity contribution in [2.75, 3.05) is 26.3 Å². The molecular formula is C15H27NO4. The fourth-order valence-corrected chi connectivity index (χ4v) is 3.00. The number of likely N-dealkylation sites (tertiary alicyclic amines) is 1. The Morgan fingerprint density at radius 2 is 1.90 bits per heavy atom. The van der Waals surface area contributed by atoms with Crippen molar-refractivity contribution in [2.45, 2.75) is 51.7 Å². The van der Waals surface area contributed by atoms with Gasteiger partial charge in [-0.3, -0.25) is 0 Å². The normalized spacial score (nSPS) is 26.6. The molecule has 0 aromatic heterocycles. The summed E-state index contributed by atoms with van der Waals surface area (Å²) in [6, 6.07) is 0. The number of aliphatic hydroxyl groups excluding tert-OH is 1. The van der Waals surface area contributed by atoms with Gasteiger partial charge in [-0.2, -0.15) is 0 Å². The van der Waals surface area contributed by atoms with Gasteiger partial charge in [0.1, 0.15) is 5.60 Å². The number of hydrogen-bond acceptors (Lipinski definition) is 4. The molecule has 5 heteroatoms. The lowest BCUT2D eigenvalue weighted by Gasteiger charge is -2.30. The average Bonchev–Trinajstić information content (AvgIpc) is 2.86. The fourth-order valence-electron chi connectivity index (χ4n) is 3.00. The number of ether oxygens (including phenoxy) is 2. The van der Waals surface area contributed by atoms with Gasteiger partial charge >= 0.3 is 6.09 Å². The van der Waals surface area contributed by atoms with Gasteiger partial charge in [-0.05, 0) is 46.0 Å². The first-order valence-corrected chi connectivity index (χ1v) is 7.60. The lowest BCUT2D eigenvalue weighted by atomic mass is 9.85. The molecule has 2 aliphatic rings. The minimum Gasteiger partial charge on any atom is -0.444 e. The molecule has 0 aliphatic carbocycles. The fraction of sp³-hybridized carbons (Fsp3) is 0.933. The van der Waals surface area contributed by atoms with Crippen LogP contribution >= 0.6 is 0 Å². The Morgan fingerprint density at radius 1 is 1.25 bits per heavy atom. The summed E-state index contributed by atoms with van der Waals surface area (Å²) in [5.41, 5.74) is -0.464. The van der Waals surface area contributed by atoms with Crippen LogP contribution in [0.5, 0.6) is 0 Å². The Hall–Kier alpha value is -0.810. The second-order valence-corrected chi connectivity index (χ2v) is 6.92. The van der Waals surface area contributed by atoms with E-state index in [0.29, 0.717) is 19.0 Å². The van der Waals surface area contributed by atoms with Crippen molar-refractivity contribution in [3.05, 3.63) is 0 Å². The van der Waals surface area contributed by atoms with Gasteiger partial charge in [0.15, 0.2) is 0 Å². The van der Waals surface area contributed by atoms with Gasteiger partial charge in [0.05, 0.1) is 6.10 Å². The van der Waals surface area contributed by atoms with Crippen molar-refractivity contribution in [2.24, 2.45) is 11.8 Å². The smallest absolute Gasteiger partial charge is 0.410 e. The number of amides is 1. The predicted molar refractivity (Wildman–Crippen MR) is 75.5 cm³/mol. The van der Waals surface area contributed by atoms with E-state index in [9.17, 15) is 9.90 Å². The molecule has 2 fully saturated rings. The average molecular weight is 285 g/mol. The molecule has 20 heavy (non-hydrogen) atoms. The third-order valence-electron chi connectivity index (χ3n) is 4.11. The maximum atomic E-state index is 12.0. The molecule has 0 aromatic carbocycles. The van der Waals surface area contributed by atoms with E-state index in [1.165, 1.54) is 0 Å². The van der Waals surface area contributed by atoms with E-state index in [2.05, 4.69) is 0 Å². The second kappa shape index (κ2) is 6.31. The van der Waals surface area contributed by atoms with Crippen LogP contribution in [0.3, 0.4) is 0 Å². The highest BCUT2D eigenvalue weighted by Gasteiger charge is 2.36. The Labute approximate surface area is 121 Å². The quantitative estimate of drug-likeness (QED) is 0.843. The molecule has 116 valence electrons. The summed E-state index contributed by atoms with van der Waals surface area (Å²) in [5.74, 6) is 0.484. The standard InChI is InChI=1S/C15H27NO4/c1-15(2,3)20-14(18)16-7-4-12(10-16)13(17)11-5-8-19-9-6-11/h11-13,17H,4-10H2,1-3H3/t12-,13-/m1/s1. The van der Waals surface area contributed by atoms with Crippen molar-refractivity contribution >= 4 is 6.09 Å². The van der Waals surface area contributed by atoms with Gasteiger partial charge in [0.25, 0.3) is 0 Å². The summed E-state index contributed by atoms with van der Waals surface area (Å²) in [6.45, 7) is 8.38. The maximum Gasteiger partial charge on any atom is 0.410 e. The van der Waals surface area contributed by atoms with Crippen molar-refractivity contribution in [1.29, 1.82) is 0 Å². The van der Waals surface area contributed by atoms with Crippen LogP contribution in [0.1, 0.15) is 40.0 Å². The van der Waals surface area contributed by atoms with Gasteiger partial charge in [-0.1, -0.05) is 0 Å². The van der Waals surface area contributed by atoms with Crippen LogP contribution in [0.25, 0.3) is 0 Å². The SMILES string of the molecule is CC(C)(C)OC(=O)N1CC[C@@H]([C@H](O)C2CCOCC2)C1. The molecule has 0 saturated carbocycles. The Morgan fingerprint density at radius 3 is 2.50 bits per heavy atom. The summed E-state index contributed by atoms with van der Waals surface area (Å²) in [4.78, 5) is 13.7. The Kier molecular flexibility index (Phi) is 4.91. The first kappa shape index (κ1) is 15.6. The summed E-state index contributed by atoms with van der Waals surface area (Å²) in [7, 11) is 0. The van der Waals surface area contributed by atoms with Crippen LogP contribution < -0.4 is 0 Å². The maximum absolute atomic E-state index is 12.0. The van der Waals surface area contributed by atoms with Crippen LogP contribution in [0.15, 0.2) is 0 Å². The van der Waals surface area contributed by atoms with E-state index < -0.39 is 5.60 Å². The molecule has 2 rings (SSSR count). The van der Waals surface area contributed by atoms with Crippen molar-refractivity contribution in [1.82, 2.24) is 4.90 Å². The minimum atomic E-state index is -0.464. The third-order valence-corrected chi connectivity index (χ3v) is 4.11. The second-order valence-electron chi connectivity index (χ2n) is 6.92. The number of nitrogens with zero attached hydrogens (tertiary/aromatic N) is 1. The number of carbonyl (C=O) groups excluding carboxylic acids is 1. The van der Waals surface area contributed by atoms with Gasteiger partial charge < -0.3 is 19.5 Å². The van der Waals surface area contributed by atoms with E-state index in [1.807, 2.05) is 20.8 Å². The molecule has 2 saturated heterocycles. The van der Waals surface area contributed by atoms with Gasteiger partial charge in [0.2, 0.25) is 0 Å². The molecule has 5 nitrogen and oxygen atoms in total. The lowest BCUT2D eigenvalue weighted by Crippen LogP contribution is -2.38. The van der Waals surface area contributed by atoms with Crippen LogP contribution in [0.2, 0.25) is 0 Å². The predicted octanol–water partition coefficient (Wildman–Crippen LogP) is 2.03. The summed E-state index contributed by atoms with van der Waals surface area (Å²) >= 11 is 0. The third kappa shape index (κ3) is 4.09. The van der Waals surface area contributed by atoms with Crippen LogP contribution in [-0.2, 0) is 9.47 Å². The Balaban J connectivity index is 1.83. The molecule has 2 heterocycles. The molecular weight excluding hydrogens is 258 g/mol. The Bertz CT molecular complexity index is 333. The highest BCUT2D eigenvalue weighted by molar-refractivity contribution is 5.68. The van der Waals surface area contributed by atoms with Crippen LogP contribution in [-0.4, -0.2) is 54.1 Å². The van der Waals surface area contributed by atoms with E-state index in [0.717, 1.165) is 32.5 Å². The van der Waals surface area contributed by atoms with Crippen molar-refractivity contribution in [3.63, 3.8) is 0 Å². The molecule has 0 bridgehead atoms. The first-order valence-electron chi connectivity index (χ1n) is 7.60. The largest absolute Gasteiger partial charge is 0.444 e. The monoisotopic (exact) mass is 285 g/mol. The zero-order chi connectivity index (χ0) is 14.8. The number of rotatable bonds is 2. The molecule has 0 radical (unpaired) electrons. The molecule has 0 spiro atoms. The van der Waals surface area contributed by atoms with Crippen molar-refractivity contribution < 1.29 is 19.4 Å². The van der Waals surface area contributed by atoms with Gasteiger partial charge in [-0.15, -0.1) is 0 Å². The van der Waals surface area contributed by atoms with E-state index in [1.54, 1.807) is 4.90 Å². The molecule has 0 unspecified atom stereocenters. The van der Waals surface area contributed by atoms with E-state index in [-0.39, 0.29) is 18.1 Å². The van der Waals surface area contributed by atoms with Crippen LogP contribution in [0.4, 0.5) is 4.79 Å². The molecule has 2 aliphatic heterocycles. The molecule has 1 amide bonds. The highest BCUT2D eigenvalue weighted by atomic mass is 16.6. The van der Waals surface area contributed by atoms with E-state index >= 15 is 0 Å². The zero-order valence-electron chi connectivity index (χ0n) is 12.8. The molecule has 0 aromatic rings. The summed E-state index contributed by atoms with van der Waals surface area (Å²) < 4.78 is 10.7. The van der Waals surface area contributed by atoms with Gasteiger partial charge in [-0.25, -0.2) is 4.79 Å². The zero-order valence-corrected chi connectivity index (χ0v) is 12.8.